The van der Waals surface area contributed by atoms with E-state index in [1.165, 1.54) is 0 Å². The van der Waals surface area contributed by atoms with Gasteiger partial charge in [0.15, 0.2) is 0 Å². The van der Waals surface area contributed by atoms with Crippen LogP contribution in [0.4, 0.5) is 79.0 Å². The van der Waals surface area contributed by atoms with Crippen molar-refractivity contribution in [2.75, 3.05) is 0 Å². The summed E-state index contributed by atoms with van der Waals surface area (Å²) in [5.41, 5.74) is -10.3. The Morgan fingerprint density at radius 2 is 0.500 bits per heavy atom. The minimum atomic E-state index is -5.62. The molecule has 62 heavy (non-hydrogen) atoms. The fraction of sp³-hybridized carbons (Fsp3) is 0.136. The highest BCUT2D eigenvalue weighted by Crippen LogP contribution is 2.53. The van der Waals surface area contributed by atoms with Crippen molar-refractivity contribution in [2.45, 2.75) is 37.1 Å². The summed E-state index contributed by atoms with van der Waals surface area (Å²) in [6, 6.07) is 9.93. The summed E-state index contributed by atoms with van der Waals surface area (Å²) in [6.45, 7) is 0. The van der Waals surface area contributed by atoms with E-state index in [0.717, 1.165) is 48.5 Å². The fourth-order valence-corrected chi connectivity index (χ4v) is 8.58. The molecule has 318 valence electrons. The van der Waals surface area contributed by atoms with Crippen molar-refractivity contribution in [1.29, 1.82) is 0 Å². The largest absolute Gasteiger partial charge is 0.417 e. The molecule has 0 aliphatic carbocycles. The molecule has 18 heteroatoms. The first-order valence-corrected chi connectivity index (χ1v) is 17.7. The molecule has 0 aromatic heterocycles. The van der Waals surface area contributed by atoms with Crippen LogP contribution in [0.15, 0.2) is 97.1 Å². The van der Waals surface area contributed by atoms with Gasteiger partial charge < -0.3 is 0 Å². The number of rotatable bonds is 0. The summed E-state index contributed by atoms with van der Waals surface area (Å²) in [5.74, 6) is 0. The molecular formula is C44H16F18. The highest BCUT2D eigenvalue weighted by molar-refractivity contribution is 6.44. The van der Waals surface area contributed by atoms with Crippen molar-refractivity contribution in [3.05, 3.63) is 130 Å². The summed E-state index contributed by atoms with van der Waals surface area (Å²) in [4.78, 5) is 0. The molecule has 0 saturated carbocycles. The molecule has 9 aromatic carbocycles. The number of benzene rings is 9. The molecule has 0 heterocycles. The van der Waals surface area contributed by atoms with Gasteiger partial charge in [-0.25, -0.2) is 0 Å². The van der Waals surface area contributed by atoms with Crippen LogP contribution in [0, 0.1) is 0 Å². The smallest absolute Gasteiger partial charge is 0.166 e. The second-order valence-corrected chi connectivity index (χ2v) is 14.6. The van der Waals surface area contributed by atoms with Crippen LogP contribution in [0.5, 0.6) is 0 Å². The molecule has 0 unspecified atom stereocenters. The van der Waals surface area contributed by atoms with Crippen molar-refractivity contribution in [2.24, 2.45) is 0 Å². The first-order chi connectivity index (χ1) is 28.5. The van der Waals surface area contributed by atoms with E-state index >= 15 is 26.3 Å². The molecule has 0 atom stereocenters. The highest BCUT2D eigenvalue weighted by atomic mass is 19.4. The van der Waals surface area contributed by atoms with Crippen molar-refractivity contribution in [3.8, 4) is 0 Å². The average Bonchev–Trinajstić information content (AvgIpc) is 3.16. The molecule has 0 bridgehead atoms. The monoisotopic (exact) mass is 886 g/mol. The SMILES string of the molecule is FC(F)(F)c1cc(C(F)(F)F)c2c(c1)c1ccc3ccc(C(F)(F)F)cc3c1c1c2ccc2c3c(C(F)(F)F)cc(C(F)(F)F)cc3c3ccc4ccc(C(F)(F)F)cc4c3c21. The van der Waals surface area contributed by atoms with Crippen LogP contribution >= 0.6 is 0 Å². The Morgan fingerprint density at radius 1 is 0.210 bits per heavy atom. The summed E-state index contributed by atoms with van der Waals surface area (Å²) in [7, 11) is 0. The fourth-order valence-electron chi connectivity index (χ4n) is 8.58. The molecular weight excluding hydrogens is 870 g/mol. The van der Waals surface area contributed by atoms with Gasteiger partial charge in [-0.1, -0.05) is 48.5 Å². The van der Waals surface area contributed by atoms with Gasteiger partial charge in [0.05, 0.1) is 33.4 Å². The quantitative estimate of drug-likeness (QED) is 0.105. The maximum atomic E-state index is 15.1. The molecule has 0 nitrogen and oxygen atoms in total. The van der Waals surface area contributed by atoms with Crippen molar-refractivity contribution >= 4 is 86.2 Å². The lowest BCUT2D eigenvalue weighted by Gasteiger charge is -2.23. The molecule has 0 fully saturated rings. The minimum absolute atomic E-state index is 0.105. The third-order valence-electron chi connectivity index (χ3n) is 11.1. The predicted octanol–water partition coefficient (Wildman–Crippen LogP) is 17.0. The van der Waals surface area contributed by atoms with Crippen LogP contribution in [-0.2, 0) is 37.1 Å². The standard InChI is InChI=1S/C44H16F18/c45-39(46,47)19-5-1-17-3-7-23-29-13-21(41(51,52)53)15-31(43(57,58)59)33(29)25-9-10-26-34-30(14-22(42(54,55)56)16-32(34)44(60,61)62)24-8-4-18-2-6-20(40(48,49)50)12-28(18)36(24)38(26)37(25)35(23)27(17)11-19/h1-16H. The molecule has 0 N–H and O–H groups in total. The molecule has 9 rings (SSSR count). The van der Waals surface area contributed by atoms with Gasteiger partial charge in [0, 0.05) is 10.8 Å². The van der Waals surface area contributed by atoms with Crippen LogP contribution in [0.2, 0.25) is 0 Å². The van der Waals surface area contributed by atoms with E-state index in [0.29, 0.717) is 36.4 Å². The van der Waals surface area contributed by atoms with E-state index in [-0.39, 0.29) is 22.9 Å². The summed E-state index contributed by atoms with van der Waals surface area (Å²) in [6.07, 6.45) is -32.4. The number of alkyl halides is 18. The number of halogens is 18. The predicted molar refractivity (Wildman–Crippen MR) is 197 cm³/mol. The van der Waals surface area contributed by atoms with Crippen LogP contribution in [0.25, 0.3) is 86.2 Å². The Bertz CT molecular complexity index is 3180. The van der Waals surface area contributed by atoms with Crippen LogP contribution in [0.3, 0.4) is 0 Å². The summed E-state index contributed by atoms with van der Waals surface area (Å²) in [5, 5.41) is -9.72. The zero-order chi connectivity index (χ0) is 45.0. The molecule has 0 aliphatic rings. The van der Waals surface area contributed by atoms with E-state index in [1.807, 2.05) is 0 Å². The summed E-state index contributed by atoms with van der Waals surface area (Å²) >= 11 is 0. The molecule has 0 radical (unpaired) electrons. The third kappa shape index (κ3) is 6.26. The first-order valence-electron chi connectivity index (χ1n) is 17.7. The van der Waals surface area contributed by atoms with Crippen molar-refractivity contribution in [3.63, 3.8) is 0 Å². The highest BCUT2D eigenvalue weighted by Gasteiger charge is 2.42. The second kappa shape index (κ2) is 12.7. The summed E-state index contributed by atoms with van der Waals surface area (Å²) < 4.78 is 263. The lowest BCUT2D eigenvalue weighted by atomic mass is 9.81. The zero-order valence-electron chi connectivity index (χ0n) is 30.0. The Kier molecular flexibility index (Phi) is 8.43. The lowest BCUT2D eigenvalue weighted by molar-refractivity contribution is -0.143. The van der Waals surface area contributed by atoms with Gasteiger partial charge in [-0.3, -0.25) is 0 Å². The maximum absolute atomic E-state index is 15.1. The Hall–Kier alpha value is -6.20. The third-order valence-corrected chi connectivity index (χ3v) is 11.1. The van der Waals surface area contributed by atoms with Gasteiger partial charge in [0.25, 0.3) is 0 Å². The first kappa shape index (κ1) is 41.2. The topological polar surface area (TPSA) is 0 Å². The second-order valence-electron chi connectivity index (χ2n) is 14.6. The van der Waals surface area contributed by atoms with Gasteiger partial charge in [0.2, 0.25) is 0 Å². The molecule has 0 aliphatic heterocycles. The van der Waals surface area contributed by atoms with E-state index in [9.17, 15) is 52.7 Å². The molecule has 0 spiro atoms. The normalized spacial score (nSPS) is 14.0. The van der Waals surface area contributed by atoms with Crippen molar-refractivity contribution in [1.82, 2.24) is 0 Å². The Balaban J connectivity index is 1.73. The van der Waals surface area contributed by atoms with E-state index in [4.69, 9.17) is 0 Å². The number of hydrogen-bond donors (Lipinski definition) is 0. The minimum Gasteiger partial charge on any atom is -0.166 e. The van der Waals surface area contributed by atoms with E-state index < -0.39 is 146 Å². The van der Waals surface area contributed by atoms with Crippen molar-refractivity contribution < 1.29 is 79.0 Å². The van der Waals surface area contributed by atoms with Gasteiger partial charge >= 0.3 is 37.1 Å². The Labute approximate surface area is 332 Å². The van der Waals surface area contributed by atoms with E-state index in [2.05, 4.69) is 0 Å². The number of fused-ring (bicyclic) bond motifs is 17. The zero-order valence-corrected chi connectivity index (χ0v) is 30.0. The molecule has 0 saturated heterocycles. The van der Waals surface area contributed by atoms with Crippen LogP contribution in [-0.4, -0.2) is 0 Å². The van der Waals surface area contributed by atoms with Crippen LogP contribution < -0.4 is 0 Å². The maximum Gasteiger partial charge on any atom is 0.417 e. The molecule has 9 aromatic rings. The van der Waals surface area contributed by atoms with Gasteiger partial charge in [-0.2, -0.15) is 79.0 Å². The van der Waals surface area contributed by atoms with Gasteiger partial charge in [0.1, 0.15) is 0 Å². The number of hydrogen-bond acceptors (Lipinski definition) is 0. The lowest BCUT2D eigenvalue weighted by Crippen LogP contribution is -2.12. The van der Waals surface area contributed by atoms with E-state index in [1.54, 1.807) is 0 Å². The van der Waals surface area contributed by atoms with Crippen LogP contribution in [0.1, 0.15) is 33.4 Å². The average molecular weight is 887 g/mol. The van der Waals surface area contributed by atoms with Gasteiger partial charge in [-0.15, -0.1) is 0 Å². The Morgan fingerprint density at radius 3 is 0.806 bits per heavy atom. The molecule has 0 amide bonds. The van der Waals surface area contributed by atoms with Gasteiger partial charge in [-0.05, 0) is 124 Å².